The van der Waals surface area contributed by atoms with E-state index in [9.17, 15) is 13.6 Å². The van der Waals surface area contributed by atoms with E-state index in [2.05, 4.69) is 4.98 Å². The number of halogens is 2. The zero-order valence-electron chi connectivity index (χ0n) is 10.0. The van der Waals surface area contributed by atoms with Crippen molar-refractivity contribution in [3.8, 4) is 0 Å². The molecule has 0 unspecified atom stereocenters. The second-order valence-corrected chi connectivity index (χ2v) is 4.32. The van der Waals surface area contributed by atoms with Crippen LogP contribution in [-0.2, 0) is 4.74 Å². The lowest BCUT2D eigenvalue weighted by atomic mass is 10.2. The van der Waals surface area contributed by atoms with E-state index in [0.717, 1.165) is 10.6 Å². The maximum absolute atomic E-state index is 13.3. The van der Waals surface area contributed by atoms with Gasteiger partial charge in [0.25, 0.3) is 11.8 Å². The van der Waals surface area contributed by atoms with Gasteiger partial charge in [0.1, 0.15) is 6.61 Å². The van der Waals surface area contributed by atoms with Gasteiger partial charge in [0.15, 0.2) is 0 Å². The van der Waals surface area contributed by atoms with Crippen molar-refractivity contribution in [2.24, 2.45) is 0 Å². The average molecular weight is 256 g/mol. The van der Waals surface area contributed by atoms with Gasteiger partial charge < -0.3 is 9.64 Å². The molecule has 0 atom stereocenters. The van der Waals surface area contributed by atoms with E-state index in [-0.39, 0.29) is 13.2 Å². The van der Waals surface area contributed by atoms with Crippen molar-refractivity contribution in [1.82, 2.24) is 9.88 Å². The third-order valence-electron chi connectivity index (χ3n) is 2.69. The monoisotopic (exact) mass is 256 g/mol. The molecule has 1 aliphatic rings. The molecule has 0 radical (unpaired) electrons. The summed E-state index contributed by atoms with van der Waals surface area (Å²) in [4.78, 5) is 17.1. The fourth-order valence-corrected chi connectivity index (χ4v) is 1.75. The molecular weight excluding hydrogens is 242 g/mol. The molecule has 0 N–H and O–H groups in total. The van der Waals surface area contributed by atoms with Crippen LogP contribution in [0.25, 0.3) is 0 Å². The van der Waals surface area contributed by atoms with E-state index < -0.39 is 25.0 Å². The quantitative estimate of drug-likeness (QED) is 0.764. The highest BCUT2D eigenvalue weighted by Crippen LogP contribution is 2.19. The fraction of sp³-hybridized carbons (Fsp3) is 0.500. The molecule has 0 aliphatic carbocycles. The van der Waals surface area contributed by atoms with Crippen molar-refractivity contribution >= 4 is 5.91 Å². The van der Waals surface area contributed by atoms with Gasteiger partial charge in [0.2, 0.25) is 0 Å². The van der Waals surface area contributed by atoms with E-state index in [1.807, 2.05) is 0 Å². The Morgan fingerprint density at radius 3 is 2.94 bits per heavy atom. The van der Waals surface area contributed by atoms with Gasteiger partial charge >= 0.3 is 0 Å². The molecule has 0 spiro atoms. The second kappa shape index (κ2) is 4.97. The lowest BCUT2D eigenvalue weighted by molar-refractivity contribution is -0.0660. The van der Waals surface area contributed by atoms with Gasteiger partial charge in [-0.05, 0) is 19.1 Å². The summed E-state index contributed by atoms with van der Waals surface area (Å²) < 4.78 is 31.4. The summed E-state index contributed by atoms with van der Waals surface area (Å²) in [5, 5.41) is 0. The Bertz CT molecular complexity index is 434. The van der Waals surface area contributed by atoms with Crippen LogP contribution in [0.3, 0.4) is 0 Å². The molecule has 6 heteroatoms. The van der Waals surface area contributed by atoms with Gasteiger partial charge in [-0.1, -0.05) is 0 Å². The summed E-state index contributed by atoms with van der Waals surface area (Å²) in [6, 6.07) is 3.27. The van der Waals surface area contributed by atoms with Crippen LogP contribution in [0, 0.1) is 6.92 Å². The SMILES string of the molecule is Cc1ccc(C(=O)N2CCOCC(F)(F)C2)cn1. The average Bonchev–Trinajstić information content (AvgIpc) is 2.50. The molecule has 0 saturated carbocycles. The van der Waals surface area contributed by atoms with Crippen molar-refractivity contribution in [2.45, 2.75) is 12.8 Å². The lowest BCUT2D eigenvalue weighted by Crippen LogP contribution is -2.41. The molecule has 1 saturated heterocycles. The first-order valence-corrected chi connectivity index (χ1v) is 5.65. The Morgan fingerprint density at radius 2 is 2.28 bits per heavy atom. The van der Waals surface area contributed by atoms with Crippen molar-refractivity contribution in [3.63, 3.8) is 0 Å². The molecule has 1 aliphatic heterocycles. The number of hydrogen-bond acceptors (Lipinski definition) is 3. The number of carbonyl (C=O) groups is 1. The van der Waals surface area contributed by atoms with E-state index in [1.54, 1.807) is 19.1 Å². The highest BCUT2D eigenvalue weighted by atomic mass is 19.3. The van der Waals surface area contributed by atoms with Crippen LogP contribution in [0.15, 0.2) is 18.3 Å². The van der Waals surface area contributed by atoms with Gasteiger partial charge in [0.05, 0.1) is 18.7 Å². The van der Waals surface area contributed by atoms with Crippen molar-refractivity contribution in [2.75, 3.05) is 26.3 Å². The Labute approximate surface area is 104 Å². The standard InChI is InChI=1S/C12H14F2N2O2/c1-9-2-3-10(6-15-9)11(17)16-4-5-18-8-12(13,14)7-16/h2-3,6H,4-5,7-8H2,1H3. The number of aromatic nitrogens is 1. The molecule has 0 bridgehead atoms. The van der Waals surface area contributed by atoms with E-state index in [0.29, 0.717) is 5.56 Å². The first-order valence-electron chi connectivity index (χ1n) is 5.65. The van der Waals surface area contributed by atoms with Crippen molar-refractivity contribution in [1.29, 1.82) is 0 Å². The number of carbonyl (C=O) groups excluding carboxylic acids is 1. The minimum atomic E-state index is -3.00. The maximum Gasteiger partial charge on any atom is 0.288 e. The number of rotatable bonds is 1. The summed E-state index contributed by atoms with van der Waals surface area (Å²) in [7, 11) is 0. The van der Waals surface area contributed by atoms with Crippen molar-refractivity contribution < 1.29 is 18.3 Å². The zero-order chi connectivity index (χ0) is 13.2. The molecule has 1 fully saturated rings. The van der Waals surface area contributed by atoms with Crippen LogP contribution >= 0.6 is 0 Å². The Balaban J connectivity index is 2.14. The first kappa shape index (κ1) is 12.9. The number of hydrogen-bond donors (Lipinski definition) is 0. The predicted octanol–water partition coefficient (Wildman–Crippen LogP) is 1.50. The topological polar surface area (TPSA) is 42.4 Å². The predicted molar refractivity (Wildman–Crippen MR) is 60.6 cm³/mol. The van der Waals surface area contributed by atoms with Gasteiger partial charge in [-0.3, -0.25) is 9.78 Å². The molecule has 1 aromatic heterocycles. The fourth-order valence-electron chi connectivity index (χ4n) is 1.75. The first-order chi connectivity index (χ1) is 8.48. The van der Waals surface area contributed by atoms with E-state index >= 15 is 0 Å². The largest absolute Gasteiger partial charge is 0.373 e. The molecular formula is C12H14F2N2O2. The number of alkyl halides is 2. The van der Waals surface area contributed by atoms with E-state index in [1.165, 1.54) is 6.20 Å². The highest BCUT2D eigenvalue weighted by molar-refractivity contribution is 5.94. The molecule has 18 heavy (non-hydrogen) atoms. The maximum atomic E-state index is 13.3. The minimum absolute atomic E-state index is 0.126. The van der Waals surface area contributed by atoms with Crippen LogP contribution in [0.2, 0.25) is 0 Å². The smallest absolute Gasteiger partial charge is 0.288 e. The summed E-state index contributed by atoms with van der Waals surface area (Å²) in [6.45, 7) is 0.841. The van der Waals surface area contributed by atoms with Gasteiger partial charge in [-0.15, -0.1) is 0 Å². The van der Waals surface area contributed by atoms with Crippen LogP contribution in [-0.4, -0.2) is 48.0 Å². The number of pyridine rings is 1. The highest BCUT2D eigenvalue weighted by Gasteiger charge is 2.36. The lowest BCUT2D eigenvalue weighted by Gasteiger charge is -2.23. The number of aryl methyl sites for hydroxylation is 1. The molecule has 98 valence electrons. The van der Waals surface area contributed by atoms with Crippen LogP contribution < -0.4 is 0 Å². The van der Waals surface area contributed by atoms with Crippen LogP contribution in [0.1, 0.15) is 16.1 Å². The molecule has 2 heterocycles. The number of ether oxygens (including phenoxy) is 1. The van der Waals surface area contributed by atoms with Crippen LogP contribution in [0.4, 0.5) is 8.78 Å². The summed E-state index contributed by atoms with van der Waals surface area (Å²) in [6.07, 6.45) is 1.40. The zero-order valence-corrected chi connectivity index (χ0v) is 10.0. The minimum Gasteiger partial charge on any atom is -0.373 e. The molecule has 1 amide bonds. The summed E-state index contributed by atoms with van der Waals surface area (Å²) in [5.74, 6) is -3.43. The van der Waals surface area contributed by atoms with Gasteiger partial charge in [-0.25, -0.2) is 8.78 Å². The third-order valence-corrected chi connectivity index (χ3v) is 2.69. The van der Waals surface area contributed by atoms with E-state index in [4.69, 9.17) is 4.74 Å². The summed E-state index contributed by atoms with van der Waals surface area (Å²) in [5.41, 5.74) is 1.09. The van der Waals surface area contributed by atoms with Gasteiger partial charge in [-0.2, -0.15) is 0 Å². The molecule has 1 aromatic rings. The summed E-state index contributed by atoms with van der Waals surface area (Å²) >= 11 is 0. The molecule has 0 aromatic carbocycles. The normalized spacial score (nSPS) is 19.4. The van der Waals surface area contributed by atoms with Gasteiger partial charge in [0, 0.05) is 18.4 Å². The van der Waals surface area contributed by atoms with Crippen LogP contribution in [0.5, 0.6) is 0 Å². The number of nitrogens with zero attached hydrogens (tertiary/aromatic N) is 2. The third kappa shape index (κ3) is 3.01. The number of amides is 1. The molecule has 2 rings (SSSR count). The van der Waals surface area contributed by atoms with Crippen molar-refractivity contribution in [3.05, 3.63) is 29.6 Å². The second-order valence-electron chi connectivity index (χ2n) is 4.32. The molecule has 4 nitrogen and oxygen atoms in total. The Morgan fingerprint density at radius 1 is 1.50 bits per heavy atom. The Hall–Kier alpha value is -1.56. The Kier molecular flexibility index (Phi) is 3.56.